The Balaban J connectivity index is 0. The van der Waals surface area contributed by atoms with Gasteiger partial charge in [-0.1, -0.05) is 13.0 Å². The molecule has 62 valence electrons. The van der Waals surface area contributed by atoms with Crippen LogP contribution in [0.1, 0.15) is 27.2 Å². The molecule has 1 unspecified atom stereocenters. The summed E-state index contributed by atoms with van der Waals surface area (Å²) in [6, 6.07) is 0. The van der Waals surface area contributed by atoms with E-state index in [1.807, 2.05) is 6.92 Å². The van der Waals surface area contributed by atoms with Crippen molar-refractivity contribution in [2.24, 2.45) is 0 Å². The maximum atomic E-state index is 9.01. The molecular formula is C8H18O2. The van der Waals surface area contributed by atoms with Gasteiger partial charge in [0.1, 0.15) is 0 Å². The highest BCUT2D eigenvalue weighted by Crippen LogP contribution is 2.07. The summed E-state index contributed by atoms with van der Waals surface area (Å²) in [6.07, 6.45) is 2.28. The van der Waals surface area contributed by atoms with E-state index in [1.165, 1.54) is 0 Å². The molecule has 0 heterocycles. The first-order valence-corrected chi connectivity index (χ1v) is 3.50. The van der Waals surface area contributed by atoms with Gasteiger partial charge in [0, 0.05) is 6.61 Å². The molecule has 0 radical (unpaired) electrons. The van der Waals surface area contributed by atoms with Crippen LogP contribution in [0.3, 0.4) is 0 Å². The highest BCUT2D eigenvalue weighted by atomic mass is 16.3. The molecule has 2 heteroatoms. The van der Waals surface area contributed by atoms with Crippen LogP contribution in [0.5, 0.6) is 0 Å². The lowest BCUT2D eigenvalue weighted by Crippen LogP contribution is -2.17. The third-order valence-electron chi connectivity index (χ3n) is 1.16. The predicted octanol–water partition coefficient (Wildman–Crippen LogP) is 1.33. The Morgan fingerprint density at radius 2 is 1.80 bits per heavy atom. The average Bonchev–Trinajstić information content (AvgIpc) is 1.90. The molecule has 10 heavy (non-hydrogen) atoms. The molecule has 0 amide bonds. The number of aliphatic hydroxyl groups excluding tert-OH is 1. The predicted molar refractivity (Wildman–Crippen MR) is 43.9 cm³/mol. The van der Waals surface area contributed by atoms with E-state index in [0.29, 0.717) is 0 Å². The van der Waals surface area contributed by atoms with Gasteiger partial charge in [-0.2, -0.15) is 0 Å². The van der Waals surface area contributed by atoms with Crippen molar-refractivity contribution in [3.8, 4) is 0 Å². The largest absolute Gasteiger partial charge is 0.397 e. The van der Waals surface area contributed by atoms with Crippen molar-refractivity contribution >= 4 is 0 Å². The zero-order chi connectivity index (χ0) is 8.62. The molecule has 0 aromatic carbocycles. The Bertz CT molecular complexity index is 77.3. The summed E-state index contributed by atoms with van der Waals surface area (Å²) in [4.78, 5) is 0. The number of hydrogen-bond acceptors (Lipinski definition) is 2. The SMILES string of the molecule is C=CC(C)(O)CC.CCO. The summed E-state index contributed by atoms with van der Waals surface area (Å²) >= 11 is 0. The van der Waals surface area contributed by atoms with Crippen molar-refractivity contribution < 1.29 is 10.2 Å². The lowest BCUT2D eigenvalue weighted by Gasteiger charge is -2.13. The van der Waals surface area contributed by atoms with Crippen molar-refractivity contribution in [1.29, 1.82) is 0 Å². The minimum absolute atomic E-state index is 0.250. The second kappa shape index (κ2) is 6.78. The minimum atomic E-state index is -0.653. The third-order valence-corrected chi connectivity index (χ3v) is 1.16. The van der Waals surface area contributed by atoms with Crippen molar-refractivity contribution in [3.05, 3.63) is 12.7 Å². The molecule has 1 atom stereocenters. The van der Waals surface area contributed by atoms with Crippen LogP contribution in [0.25, 0.3) is 0 Å². The van der Waals surface area contributed by atoms with Crippen LogP contribution in [-0.4, -0.2) is 22.4 Å². The molecule has 0 saturated heterocycles. The van der Waals surface area contributed by atoms with Crippen molar-refractivity contribution in [1.82, 2.24) is 0 Å². The van der Waals surface area contributed by atoms with Crippen LogP contribution < -0.4 is 0 Å². The summed E-state index contributed by atoms with van der Waals surface area (Å²) in [7, 11) is 0. The first-order chi connectivity index (χ1) is 4.54. The Labute approximate surface area is 63.2 Å². The zero-order valence-corrected chi connectivity index (χ0v) is 7.09. The van der Waals surface area contributed by atoms with Crippen LogP contribution in [-0.2, 0) is 0 Å². The van der Waals surface area contributed by atoms with Crippen LogP contribution >= 0.6 is 0 Å². The Morgan fingerprint density at radius 1 is 1.50 bits per heavy atom. The molecule has 0 aromatic heterocycles. The van der Waals surface area contributed by atoms with E-state index in [0.717, 1.165) is 6.42 Å². The van der Waals surface area contributed by atoms with Gasteiger partial charge >= 0.3 is 0 Å². The molecule has 2 nitrogen and oxygen atoms in total. The van der Waals surface area contributed by atoms with Crippen LogP contribution in [0.4, 0.5) is 0 Å². The van der Waals surface area contributed by atoms with E-state index in [-0.39, 0.29) is 6.61 Å². The molecule has 0 aliphatic carbocycles. The van der Waals surface area contributed by atoms with Crippen LogP contribution in [0, 0.1) is 0 Å². The Morgan fingerprint density at radius 3 is 1.80 bits per heavy atom. The van der Waals surface area contributed by atoms with Gasteiger partial charge in [0.05, 0.1) is 5.60 Å². The summed E-state index contributed by atoms with van der Waals surface area (Å²) < 4.78 is 0. The molecule has 0 bridgehead atoms. The number of aliphatic hydroxyl groups is 2. The normalized spacial score (nSPS) is 14.5. The summed E-state index contributed by atoms with van der Waals surface area (Å²) in [5.74, 6) is 0. The van der Waals surface area contributed by atoms with Gasteiger partial charge in [-0.15, -0.1) is 6.58 Å². The van der Waals surface area contributed by atoms with Gasteiger partial charge in [0.25, 0.3) is 0 Å². The molecule has 0 aromatic rings. The molecular weight excluding hydrogens is 128 g/mol. The summed E-state index contributed by atoms with van der Waals surface area (Å²) in [6.45, 7) is 9.04. The van der Waals surface area contributed by atoms with Gasteiger partial charge in [-0.3, -0.25) is 0 Å². The van der Waals surface area contributed by atoms with E-state index in [2.05, 4.69) is 6.58 Å². The number of rotatable bonds is 2. The second-order valence-corrected chi connectivity index (χ2v) is 2.23. The first kappa shape index (κ1) is 12.3. The average molecular weight is 146 g/mol. The lowest BCUT2D eigenvalue weighted by molar-refractivity contribution is 0.108. The van der Waals surface area contributed by atoms with Gasteiger partial charge in [-0.25, -0.2) is 0 Å². The van der Waals surface area contributed by atoms with E-state index in [4.69, 9.17) is 10.2 Å². The molecule has 0 spiro atoms. The fourth-order valence-corrected chi connectivity index (χ4v) is 0.144. The zero-order valence-electron chi connectivity index (χ0n) is 7.09. The van der Waals surface area contributed by atoms with E-state index in [1.54, 1.807) is 19.9 Å². The molecule has 2 N–H and O–H groups in total. The Hall–Kier alpha value is -0.340. The second-order valence-electron chi connectivity index (χ2n) is 2.23. The fraction of sp³-hybridized carbons (Fsp3) is 0.750. The van der Waals surface area contributed by atoms with Crippen LogP contribution in [0.2, 0.25) is 0 Å². The van der Waals surface area contributed by atoms with E-state index < -0.39 is 5.60 Å². The Kier molecular flexibility index (Phi) is 8.37. The van der Waals surface area contributed by atoms with Gasteiger partial charge < -0.3 is 10.2 Å². The quantitative estimate of drug-likeness (QED) is 0.577. The van der Waals surface area contributed by atoms with Gasteiger partial charge in [0.15, 0.2) is 0 Å². The standard InChI is InChI=1S/C6H12O.C2H6O/c1-4-6(3,7)5-2;1-2-3/h4,7H,1,5H2,2-3H3;3H,2H2,1H3. The number of hydrogen-bond donors (Lipinski definition) is 2. The van der Waals surface area contributed by atoms with E-state index in [9.17, 15) is 0 Å². The van der Waals surface area contributed by atoms with Gasteiger partial charge in [-0.05, 0) is 20.3 Å². The highest BCUT2D eigenvalue weighted by molar-refractivity contribution is 4.89. The van der Waals surface area contributed by atoms with Gasteiger partial charge in [0.2, 0.25) is 0 Å². The highest BCUT2D eigenvalue weighted by Gasteiger charge is 2.09. The first-order valence-electron chi connectivity index (χ1n) is 3.50. The molecule has 0 saturated carbocycles. The maximum Gasteiger partial charge on any atom is 0.0794 e. The van der Waals surface area contributed by atoms with E-state index >= 15 is 0 Å². The third kappa shape index (κ3) is 10.6. The molecule has 0 fully saturated rings. The van der Waals surface area contributed by atoms with Crippen molar-refractivity contribution in [3.63, 3.8) is 0 Å². The maximum absolute atomic E-state index is 9.01. The van der Waals surface area contributed by atoms with Crippen molar-refractivity contribution in [2.75, 3.05) is 6.61 Å². The topological polar surface area (TPSA) is 40.5 Å². The summed E-state index contributed by atoms with van der Waals surface area (Å²) in [5, 5.41) is 16.6. The monoisotopic (exact) mass is 146 g/mol. The molecule has 0 aliphatic rings. The van der Waals surface area contributed by atoms with Crippen molar-refractivity contribution in [2.45, 2.75) is 32.8 Å². The smallest absolute Gasteiger partial charge is 0.0794 e. The van der Waals surface area contributed by atoms with Crippen LogP contribution in [0.15, 0.2) is 12.7 Å². The minimum Gasteiger partial charge on any atom is -0.397 e. The molecule has 0 aliphatic heterocycles. The fourth-order valence-electron chi connectivity index (χ4n) is 0.144. The summed E-state index contributed by atoms with van der Waals surface area (Å²) in [5.41, 5.74) is -0.653. The molecule has 0 rings (SSSR count). The lowest BCUT2D eigenvalue weighted by atomic mass is 10.1.